The topological polar surface area (TPSA) is 46.4 Å². The van der Waals surface area contributed by atoms with E-state index in [1.54, 1.807) is 10.7 Å². The van der Waals surface area contributed by atoms with E-state index >= 15 is 0 Å². The van der Waals surface area contributed by atoms with Gasteiger partial charge in [-0.3, -0.25) is 4.79 Å². The molecule has 4 aromatic rings. The van der Waals surface area contributed by atoms with Crippen molar-refractivity contribution < 1.29 is 4.79 Å². The summed E-state index contributed by atoms with van der Waals surface area (Å²) >= 11 is 0. The summed E-state index contributed by atoms with van der Waals surface area (Å²) in [5.41, 5.74) is 7.29. The number of carbonyl (C=O) groups is 1. The third-order valence-corrected chi connectivity index (χ3v) is 5.31. The Morgan fingerprint density at radius 3 is 2.34 bits per heavy atom. The van der Waals surface area contributed by atoms with Crippen LogP contribution in [0.2, 0.25) is 0 Å². The number of aromatic nitrogens is 2. The second-order valence-corrected chi connectivity index (χ2v) is 7.65. The SMILES string of the molecule is Cc1ccc(Cc2cccn3ncc(C(=O)N[C@@H](C)c4ccc(C)cc4)c23)cc1. The van der Waals surface area contributed by atoms with Gasteiger partial charge in [-0.25, -0.2) is 4.52 Å². The molecule has 0 unspecified atom stereocenters. The summed E-state index contributed by atoms with van der Waals surface area (Å²) in [7, 11) is 0. The fraction of sp³-hybridized carbons (Fsp3) is 0.200. The molecule has 2 aromatic carbocycles. The molecule has 4 rings (SSSR count). The van der Waals surface area contributed by atoms with Crippen LogP contribution >= 0.6 is 0 Å². The van der Waals surface area contributed by atoms with Crippen LogP contribution in [0.3, 0.4) is 0 Å². The molecule has 1 atom stereocenters. The maximum atomic E-state index is 13.1. The van der Waals surface area contributed by atoms with Crippen LogP contribution in [0.4, 0.5) is 0 Å². The van der Waals surface area contributed by atoms with Gasteiger partial charge in [-0.2, -0.15) is 5.10 Å². The van der Waals surface area contributed by atoms with Crippen molar-refractivity contribution in [2.45, 2.75) is 33.2 Å². The first kappa shape index (κ1) is 18.9. The fourth-order valence-corrected chi connectivity index (χ4v) is 3.56. The number of benzene rings is 2. The molecule has 0 aliphatic heterocycles. The minimum atomic E-state index is -0.107. The monoisotopic (exact) mass is 383 g/mol. The van der Waals surface area contributed by atoms with Crippen LogP contribution in [0.15, 0.2) is 73.1 Å². The standard InChI is InChI=1S/C25H25N3O/c1-17-6-10-20(11-7-17)15-22-5-4-14-28-24(22)23(16-26-28)25(29)27-19(3)21-12-8-18(2)9-13-21/h4-14,16,19H,15H2,1-3H3,(H,27,29)/t19-/m0/s1. The zero-order valence-electron chi connectivity index (χ0n) is 17.0. The van der Waals surface area contributed by atoms with Crippen molar-refractivity contribution in [3.63, 3.8) is 0 Å². The van der Waals surface area contributed by atoms with Crippen LogP contribution in [0.25, 0.3) is 5.52 Å². The van der Waals surface area contributed by atoms with E-state index in [2.05, 4.69) is 78.9 Å². The average Bonchev–Trinajstić information content (AvgIpc) is 3.15. The molecule has 0 saturated carbocycles. The lowest BCUT2D eigenvalue weighted by molar-refractivity contribution is 0.0941. The number of nitrogens with one attached hydrogen (secondary N) is 1. The third-order valence-electron chi connectivity index (χ3n) is 5.31. The van der Waals surface area contributed by atoms with Crippen molar-refractivity contribution in [3.05, 3.63) is 106 Å². The van der Waals surface area contributed by atoms with E-state index in [1.165, 1.54) is 16.7 Å². The Hall–Kier alpha value is -3.40. The highest BCUT2D eigenvalue weighted by molar-refractivity contribution is 6.01. The number of pyridine rings is 1. The second kappa shape index (κ2) is 7.92. The second-order valence-electron chi connectivity index (χ2n) is 7.65. The van der Waals surface area contributed by atoms with Gasteiger partial charge >= 0.3 is 0 Å². The van der Waals surface area contributed by atoms with Crippen LogP contribution in [-0.4, -0.2) is 15.5 Å². The van der Waals surface area contributed by atoms with Gasteiger partial charge in [-0.05, 0) is 49.9 Å². The van der Waals surface area contributed by atoms with Crippen LogP contribution in [0.5, 0.6) is 0 Å². The highest BCUT2D eigenvalue weighted by atomic mass is 16.1. The number of fused-ring (bicyclic) bond motifs is 1. The first-order chi connectivity index (χ1) is 14.0. The minimum absolute atomic E-state index is 0.0812. The maximum Gasteiger partial charge on any atom is 0.255 e. The van der Waals surface area contributed by atoms with E-state index in [-0.39, 0.29) is 11.9 Å². The van der Waals surface area contributed by atoms with Gasteiger partial charge in [0.2, 0.25) is 0 Å². The molecule has 1 amide bonds. The number of hydrogen-bond donors (Lipinski definition) is 1. The van der Waals surface area contributed by atoms with E-state index in [0.717, 1.165) is 23.1 Å². The molecule has 146 valence electrons. The van der Waals surface area contributed by atoms with Crippen molar-refractivity contribution in [1.82, 2.24) is 14.9 Å². The van der Waals surface area contributed by atoms with Gasteiger partial charge in [0.1, 0.15) is 0 Å². The molecule has 0 saturated heterocycles. The molecule has 0 bridgehead atoms. The van der Waals surface area contributed by atoms with Crippen molar-refractivity contribution in [3.8, 4) is 0 Å². The lowest BCUT2D eigenvalue weighted by atomic mass is 10.0. The van der Waals surface area contributed by atoms with Crippen LogP contribution in [0, 0.1) is 13.8 Å². The van der Waals surface area contributed by atoms with Gasteiger partial charge in [0.05, 0.1) is 23.3 Å². The molecule has 0 fully saturated rings. The normalized spacial score (nSPS) is 12.1. The van der Waals surface area contributed by atoms with Crippen LogP contribution in [-0.2, 0) is 6.42 Å². The molecule has 0 aliphatic carbocycles. The molecule has 4 nitrogen and oxygen atoms in total. The molecule has 1 N–H and O–H groups in total. The van der Waals surface area contributed by atoms with E-state index in [0.29, 0.717) is 5.56 Å². The molecule has 0 radical (unpaired) electrons. The third kappa shape index (κ3) is 4.06. The first-order valence-corrected chi connectivity index (χ1v) is 9.89. The summed E-state index contributed by atoms with van der Waals surface area (Å²) < 4.78 is 1.79. The highest BCUT2D eigenvalue weighted by Crippen LogP contribution is 2.21. The molecule has 0 aliphatic rings. The van der Waals surface area contributed by atoms with E-state index in [9.17, 15) is 4.79 Å². The predicted octanol–water partition coefficient (Wildman–Crippen LogP) is 5.03. The number of aryl methyl sites for hydroxylation is 2. The molecular weight excluding hydrogens is 358 g/mol. The summed E-state index contributed by atoms with van der Waals surface area (Å²) in [4.78, 5) is 13.1. The zero-order chi connectivity index (χ0) is 20.4. The van der Waals surface area contributed by atoms with E-state index < -0.39 is 0 Å². The number of hydrogen-bond acceptors (Lipinski definition) is 2. The molecular formula is C25H25N3O. The fourth-order valence-electron chi connectivity index (χ4n) is 3.56. The lowest BCUT2D eigenvalue weighted by Gasteiger charge is -2.15. The van der Waals surface area contributed by atoms with E-state index in [1.807, 2.05) is 19.2 Å². The zero-order valence-corrected chi connectivity index (χ0v) is 17.0. The number of rotatable bonds is 5. The van der Waals surface area contributed by atoms with Crippen molar-refractivity contribution in [1.29, 1.82) is 0 Å². The maximum absolute atomic E-state index is 13.1. The average molecular weight is 383 g/mol. The molecule has 2 heterocycles. The summed E-state index contributed by atoms with van der Waals surface area (Å²) in [5.74, 6) is -0.107. The Balaban J connectivity index is 1.62. The predicted molar refractivity (Wildman–Crippen MR) is 116 cm³/mol. The summed E-state index contributed by atoms with van der Waals surface area (Å²) in [5, 5.41) is 7.52. The lowest BCUT2D eigenvalue weighted by Crippen LogP contribution is -2.26. The Bertz CT molecular complexity index is 1140. The summed E-state index contributed by atoms with van der Waals surface area (Å²) in [6.07, 6.45) is 4.30. The van der Waals surface area contributed by atoms with Crippen molar-refractivity contribution in [2.24, 2.45) is 0 Å². The number of carbonyl (C=O) groups excluding carboxylic acids is 1. The van der Waals surface area contributed by atoms with Gasteiger partial charge in [-0.15, -0.1) is 0 Å². The van der Waals surface area contributed by atoms with Gasteiger partial charge in [0.25, 0.3) is 5.91 Å². The number of nitrogens with zero attached hydrogens (tertiary/aromatic N) is 2. The number of amides is 1. The van der Waals surface area contributed by atoms with Crippen LogP contribution in [0.1, 0.15) is 51.1 Å². The molecule has 29 heavy (non-hydrogen) atoms. The quantitative estimate of drug-likeness (QED) is 0.525. The van der Waals surface area contributed by atoms with Crippen LogP contribution < -0.4 is 5.32 Å². The van der Waals surface area contributed by atoms with Gasteiger partial charge in [0, 0.05) is 6.20 Å². The highest BCUT2D eigenvalue weighted by Gasteiger charge is 2.18. The molecule has 0 spiro atoms. The van der Waals surface area contributed by atoms with Gasteiger partial charge in [-0.1, -0.05) is 65.7 Å². The molecule has 4 heteroatoms. The Kier molecular flexibility index (Phi) is 5.17. The Morgan fingerprint density at radius 1 is 1.00 bits per heavy atom. The van der Waals surface area contributed by atoms with Crippen molar-refractivity contribution in [2.75, 3.05) is 0 Å². The Morgan fingerprint density at radius 2 is 1.66 bits per heavy atom. The summed E-state index contributed by atoms with van der Waals surface area (Å²) in [6, 6.07) is 20.7. The smallest absolute Gasteiger partial charge is 0.255 e. The van der Waals surface area contributed by atoms with Gasteiger partial charge < -0.3 is 5.32 Å². The van der Waals surface area contributed by atoms with Crippen molar-refractivity contribution >= 4 is 11.4 Å². The molecule has 2 aromatic heterocycles. The van der Waals surface area contributed by atoms with Gasteiger partial charge in [0.15, 0.2) is 0 Å². The largest absolute Gasteiger partial charge is 0.345 e. The summed E-state index contributed by atoms with van der Waals surface area (Å²) in [6.45, 7) is 6.14. The van der Waals surface area contributed by atoms with E-state index in [4.69, 9.17) is 0 Å². The Labute approximate surface area is 171 Å². The first-order valence-electron chi connectivity index (χ1n) is 9.89. The minimum Gasteiger partial charge on any atom is -0.345 e.